The summed E-state index contributed by atoms with van der Waals surface area (Å²) in [5.74, 6) is -0.767. The average molecular weight is 294 g/mol. The number of piperazine rings is 1. The molecule has 0 bridgehead atoms. The number of amides is 2. The van der Waals surface area contributed by atoms with Crippen LogP contribution in [0.2, 0.25) is 0 Å². The first kappa shape index (κ1) is 15.3. The number of halogens is 1. The standard InChI is InChI=1S/C15H19FN2O3/c1-5-11-13(19)17-15(2,3)14(20)18(11)12-8-9(21-4)6-7-10(12)16/h6-8,11H,5H2,1-4H3,(H,17,19). The summed E-state index contributed by atoms with van der Waals surface area (Å²) in [5.41, 5.74) is -1.01. The van der Waals surface area contributed by atoms with Crippen molar-refractivity contribution in [2.75, 3.05) is 12.0 Å². The summed E-state index contributed by atoms with van der Waals surface area (Å²) in [4.78, 5) is 26.0. The van der Waals surface area contributed by atoms with Crippen LogP contribution in [0.1, 0.15) is 27.2 Å². The van der Waals surface area contributed by atoms with Crippen LogP contribution in [0.3, 0.4) is 0 Å². The van der Waals surface area contributed by atoms with Crippen molar-refractivity contribution in [2.45, 2.75) is 38.8 Å². The first-order chi connectivity index (χ1) is 9.81. The maximum atomic E-state index is 14.2. The average Bonchev–Trinajstić information content (AvgIpc) is 2.43. The molecule has 2 rings (SSSR count). The molecule has 0 spiro atoms. The fourth-order valence-corrected chi connectivity index (χ4v) is 2.45. The molecule has 1 aliphatic heterocycles. The molecule has 5 nitrogen and oxygen atoms in total. The van der Waals surface area contributed by atoms with Crippen molar-refractivity contribution in [1.29, 1.82) is 0 Å². The lowest BCUT2D eigenvalue weighted by atomic mass is 9.95. The van der Waals surface area contributed by atoms with Gasteiger partial charge in [0.05, 0.1) is 12.8 Å². The van der Waals surface area contributed by atoms with Crippen LogP contribution in [0, 0.1) is 5.82 Å². The van der Waals surface area contributed by atoms with E-state index < -0.39 is 17.4 Å². The van der Waals surface area contributed by atoms with Gasteiger partial charge in [-0.25, -0.2) is 4.39 Å². The summed E-state index contributed by atoms with van der Waals surface area (Å²) in [7, 11) is 1.46. The quantitative estimate of drug-likeness (QED) is 0.925. The van der Waals surface area contributed by atoms with E-state index in [4.69, 9.17) is 4.74 Å². The number of anilines is 1. The van der Waals surface area contributed by atoms with E-state index in [1.165, 1.54) is 30.2 Å². The van der Waals surface area contributed by atoms with Crippen LogP contribution >= 0.6 is 0 Å². The summed E-state index contributed by atoms with van der Waals surface area (Å²) in [6.07, 6.45) is 0.393. The molecule has 1 unspecified atom stereocenters. The third-order valence-electron chi connectivity index (χ3n) is 3.60. The number of carbonyl (C=O) groups excluding carboxylic acids is 2. The largest absolute Gasteiger partial charge is 0.497 e. The van der Waals surface area contributed by atoms with Crippen molar-refractivity contribution in [3.8, 4) is 5.75 Å². The Morgan fingerprint density at radius 1 is 1.38 bits per heavy atom. The van der Waals surface area contributed by atoms with E-state index in [0.717, 1.165) is 0 Å². The number of nitrogens with zero attached hydrogens (tertiary/aromatic N) is 1. The van der Waals surface area contributed by atoms with Gasteiger partial charge in [0.2, 0.25) is 5.91 Å². The topological polar surface area (TPSA) is 58.6 Å². The van der Waals surface area contributed by atoms with Gasteiger partial charge in [-0.2, -0.15) is 0 Å². The molecule has 1 fully saturated rings. The summed E-state index contributed by atoms with van der Waals surface area (Å²) in [6, 6.07) is 3.41. The van der Waals surface area contributed by atoms with Gasteiger partial charge in [-0.1, -0.05) is 6.92 Å². The Kier molecular flexibility index (Phi) is 3.89. The van der Waals surface area contributed by atoms with Gasteiger partial charge in [0.15, 0.2) is 0 Å². The lowest BCUT2D eigenvalue weighted by molar-refractivity contribution is -0.137. The number of hydrogen-bond acceptors (Lipinski definition) is 3. The number of carbonyl (C=O) groups is 2. The van der Waals surface area contributed by atoms with Crippen LogP contribution in [-0.4, -0.2) is 30.5 Å². The minimum atomic E-state index is -1.07. The van der Waals surface area contributed by atoms with Crippen molar-refractivity contribution < 1.29 is 18.7 Å². The van der Waals surface area contributed by atoms with Gasteiger partial charge in [-0.05, 0) is 32.4 Å². The van der Waals surface area contributed by atoms with Crippen LogP contribution in [0.4, 0.5) is 10.1 Å². The Balaban J connectivity index is 2.56. The van der Waals surface area contributed by atoms with Crippen molar-refractivity contribution in [3.63, 3.8) is 0 Å². The van der Waals surface area contributed by atoms with E-state index >= 15 is 0 Å². The highest BCUT2D eigenvalue weighted by Crippen LogP contribution is 2.31. The molecule has 1 saturated heterocycles. The fourth-order valence-electron chi connectivity index (χ4n) is 2.45. The zero-order valence-electron chi connectivity index (χ0n) is 12.6. The number of rotatable bonds is 3. The maximum absolute atomic E-state index is 14.2. The van der Waals surface area contributed by atoms with Crippen molar-refractivity contribution in [1.82, 2.24) is 5.32 Å². The van der Waals surface area contributed by atoms with Gasteiger partial charge >= 0.3 is 0 Å². The van der Waals surface area contributed by atoms with E-state index in [2.05, 4.69) is 5.32 Å². The SMILES string of the molecule is CCC1C(=O)NC(C)(C)C(=O)N1c1cc(OC)ccc1F. The predicted molar refractivity (Wildman–Crippen MR) is 76.7 cm³/mol. The smallest absolute Gasteiger partial charge is 0.252 e. The highest BCUT2D eigenvalue weighted by molar-refractivity contribution is 6.10. The summed E-state index contributed by atoms with van der Waals surface area (Å²) < 4.78 is 19.2. The number of methoxy groups -OCH3 is 1. The molecule has 114 valence electrons. The van der Waals surface area contributed by atoms with Gasteiger partial charge in [0, 0.05) is 6.07 Å². The number of nitrogens with one attached hydrogen (secondary N) is 1. The first-order valence-corrected chi connectivity index (χ1v) is 6.81. The Morgan fingerprint density at radius 3 is 2.62 bits per heavy atom. The van der Waals surface area contributed by atoms with E-state index in [-0.39, 0.29) is 17.5 Å². The number of benzene rings is 1. The minimum Gasteiger partial charge on any atom is -0.497 e. The number of ether oxygens (including phenoxy) is 1. The summed E-state index contributed by atoms with van der Waals surface area (Å²) >= 11 is 0. The Bertz CT molecular complexity index is 586. The molecular formula is C15H19FN2O3. The molecule has 1 heterocycles. The molecule has 1 aliphatic rings. The minimum absolute atomic E-state index is 0.0640. The third-order valence-corrected chi connectivity index (χ3v) is 3.60. The molecule has 0 saturated carbocycles. The van der Waals surface area contributed by atoms with Crippen LogP contribution in [0.25, 0.3) is 0 Å². The summed E-state index contributed by atoms with van der Waals surface area (Å²) in [6.45, 7) is 4.98. The van der Waals surface area contributed by atoms with Gasteiger partial charge in [0.1, 0.15) is 23.1 Å². The second kappa shape index (κ2) is 5.35. The van der Waals surface area contributed by atoms with Crippen molar-refractivity contribution >= 4 is 17.5 Å². The van der Waals surface area contributed by atoms with Crippen LogP contribution < -0.4 is 15.0 Å². The third kappa shape index (κ3) is 2.57. The zero-order valence-corrected chi connectivity index (χ0v) is 12.6. The van der Waals surface area contributed by atoms with E-state index in [9.17, 15) is 14.0 Å². The van der Waals surface area contributed by atoms with E-state index in [1.807, 2.05) is 0 Å². The highest BCUT2D eigenvalue weighted by Gasteiger charge is 2.46. The van der Waals surface area contributed by atoms with Crippen LogP contribution in [0.15, 0.2) is 18.2 Å². The molecule has 0 aliphatic carbocycles. The molecule has 2 amide bonds. The van der Waals surface area contributed by atoms with Crippen molar-refractivity contribution in [3.05, 3.63) is 24.0 Å². The van der Waals surface area contributed by atoms with Crippen LogP contribution in [0.5, 0.6) is 5.75 Å². The van der Waals surface area contributed by atoms with Gasteiger partial charge in [-0.15, -0.1) is 0 Å². The fraction of sp³-hybridized carbons (Fsp3) is 0.467. The van der Waals surface area contributed by atoms with Crippen LogP contribution in [-0.2, 0) is 9.59 Å². The Morgan fingerprint density at radius 2 is 2.05 bits per heavy atom. The number of hydrogen-bond donors (Lipinski definition) is 1. The van der Waals surface area contributed by atoms with Crippen molar-refractivity contribution in [2.24, 2.45) is 0 Å². The lowest BCUT2D eigenvalue weighted by Gasteiger charge is -2.42. The lowest BCUT2D eigenvalue weighted by Crippen LogP contribution is -2.68. The molecule has 0 aromatic heterocycles. The predicted octanol–water partition coefficient (Wildman–Crippen LogP) is 1.85. The first-order valence-electron chi connectivity index (χ1n) is 6.81. The highest BCUT2D eigenvalue weighted by atomic mass is 19.1. The monoisotopic (exact) mass is 294 g/mol. The summed E-state index contributed by atoms with van der Waals surface area (Å²) in [5, 5.41) is 2.67. The van der Waals surface area contributed by atoms with Gasteiger partial charge < -0.3 is 10.1 Å². The molecule has 21 heavy (non-hydrogen) atoms. The normalized spacial score (nSPS) is 21.2. The zero-order chi connectivity index (χ0) is 15.8. The molecular weight excluding hydrogens is 275 g/mol. The second-order valence-corrected chi connectivity index (χ2v) is 5.53. The van der Waals surface area contributed by atoms with Gasteiger partial charge in [0.25, 0.3) is 5.91 Å². The Hall–Kier alpha value is -2.11. The van der Waals surface area contributed by atoms with E-state index in [1.54, 1.807) is 20.8 Å². The van der Waals surface area contributed by atoms with Gasteiger partial charge in [-0.3, -0.25) is 14.5 Å². The van der Waals surface area contributed by atoms with E-state index in [0.29, 0.717) is 12.2 Å². The molecule has 1 N–H and O–H groups in total. The second-order valence-electron chi connectivity index (χ2n) is 5.53. The molecule has 1 aromatic rings. The molecule has 0 radical (unpaired) electrons. The molecule has 1 atom stereocenters. The molecule has 1 aromatic carbocycles. The molecule has 6 heteroatoms. The maximum Gasteiger partial charge on any atom is 0.252 e. The Labute approximate surface area is 123 Å².